The van der Waals surface area contributed by atoms with Gasteiger partial charge in [0.15, 0.2) is 0 Å². The van der Waals surface area contributed by atoms with E-state index in [0.717, 1.165) is 5.56 Å². The van der Waals surface area contributed by atoms with E-state index in [1.807, 2.05) is 44.2 Å². The van der Waals surface area contributed by atoms with E-state index in [4.69, 9.17) is 9.47 Å². The molecule has 230 valence electrons. The fourth-order valence-electron chi connectivity index (χ4n) is 4.38. The number of hydrogen-bond donors (Lipinski definition) is 3. The monoisotopic (exact) mass is 583 g/mol. The summed E-state index contributed by atoms with van der Waals surface area (Å²) in [4.78, 5) is 54.5. The van der Waals surface area contributed by atoms with E-state index in [1.54, 1.807) is 46.8 Å². The van der Waals surface area contributed by atoms with Crippen LogP contribution in [0.25, 0.3) is 0 Å². The normalized spacial score (nSPS) is 13.3. The standard InChI is InChI=1S/C32H45N3O7/c1-8-22(4)35(30(39)25(20-23-13-11-10-12-14-23)34-31(40)42-32(5,6)7)28(24-15-16-26(36)21(3)19-24)29(38)33-18-17-27(37)41-9-2/h10-16,19,22,25,28,36H,8-9,17-18,20H2,1-7H3,(H,33,38)(H,34,40). The minimum absolute atomic E-state index is 0.0113. The molecule has 3 amide bonds. The highest BCUT2D eigenvalue weighted by atomic mass is 16.6. The maximum absolute atomic E-state index is 14.4. The molecule has 0 aliphatic rings. The Morgan fingerprint density at radius 1 is 1.02 bits per heavy atom. The molecule has 10 heteroatoms. The third-order valence-electron chi connectivity index (χ3n) is 6.59. The number of nitrogens with zero attached hydrogens (tertiary/aromatic N) is 1. The number of aromatic hydroxyl groups is 1. The van der Waals surface area contributed by atoms with E-state index >= 15 is 0 Å². The van der Waals surface area contributed by atoms with Gasteiger partial charge in [0.25, 0.3) is 0 Å². The van der Waals surface area contributed by atoms with Crippen LogP contribution in [0.3, 0.4) is 0 Å². The van der Waals surface area contributed by atoms with Gasteiger partial charge in [-0.1, -0.05) is 43.3 Å². The minimum Gasteiger partial charge on any atom is -0.508 e. The van der Waals surface area contributed by atoms with Crippen LogP contribution in [-0.4, -0.2) is 64.7 Å². The Bertz CT molecular complexity index is 1210. The van der Waals surface area contributed by atoms with Crippen LogP contribution < -0.4 is 10.6 Å². The number of phenolic OH excluding ortho intramolecular Hbond substituents is 1. The first-order chi connectivity index (χ1) is 19.8. The zero-order chi connectivity index (χ0) is 31.4. The molecular weight excluding hydrogens is 538 g/mol. The molecule has 42 heavy (non-hydrogen) atoms. The molecule has 0 heterocycles. The van der Waals surface area contributed by atoms with Crippen molar-refractivity contribution in [2.45, 2.75) is 91.5 Å². The maximum atomic E-state index is 14.4. The fraction of sp³-hybridized carbons (Fsp3) is 0.500. The Labute approximate surface area is 248 Å². The lowest BCUT2D eigenvalue weighted by atomic mass is 9.96. The van der Waals surface area contributed by atoms with Crippen LogP contribution in [0.15, 0.2) is 48.5 Å². The quantitative estimate of drug-likeness (QED) is 0.294. The van der Waals surface area contributed by atoms with E-state index in [9.17, 15) is 24.3 Å². The number of alkyl carbamates (subject to hydrolysis) is 1. The molecule has 3 atom stereocenters. The molecule has 0 aromatic heterocycles. The third-order valence-corrected chi connectivity index (χ3v) is 6.59. The lowest BCUT2D eigenvalue weighted by Gasteiger charge is -2.38. The summed E-state index contributed by atoms with van der Waals surface area (Å²) in [7, 11) is 0. The highest BCUT2D eigenvalue weighted by molar-refractivity contribution is 5.92. The lowest BCUT2D eigenvalue weighted by Crippen LogP contribution is -2.56. The average Bonchev–Trinajstić information content (AvgIpc) is 2.91. The van der Waals surface area contributed by atoms with Crippen molar-refractivity contribution in [2.24, 2.45) is 0 Å². The predicted octanol–water partition coefficient (Wildman–Crippen LogP) is 4.57. The van der Waals surface area contributed by atoms with E-state index in [-0.39, 0.29) is 31.7 Å². The van der Waals surface area contributed by atoms with Crippen molar-refractivity contribution >= 4 is 23.9 Å². The predicted molar refractivity (Wildman–Crippen MR) is 160 cm³/mol. The number of carbonyl (C=O) groups excluding carboxylic acids is 4. The zero-order valence-electron chi connectivity index (χ0n) is 25.7. The van der Waals surface area contributed by atoms with Crippen LogP contribution in [0, 0.1) is 6.92 Å². The Hall–Kier alpha value is -4.08. The summed E-state index contributed by atoms with van der Waals surface area (Å²) >= 11 is 0. The van der Waals surface area contributed by atoms with E-state index in [2.05, 4.69) is 10.6 Å². The van der Waals surface area contributed by atoms with Gasteiger partial charge < -0.3 is 30.1 Å². The van der Waals surface area contributed by atoms with Crippen LogP contribution in [0.2, 0.25) is 0 Å². The SMILES string of the molecule is CCOC(=O)CCNC(=O)C(c1ccc(O)c(C)c1)N(C(=O)C(Cc1ccccc1)NC(=O)OC(C)(C)C)C(C)CC. The van der Waals surface area contributed by atoms with Crippen molar-refractivity contribution in [1.29, 1.82) is 0 Å². The third kappa shape index (κ3) is 10.4. The van der Waals surface area contributed by atoms with Gasteiger partial charge in [0.2, 0.25) is 11.8 Å². The number of amides is 3. The molecule has 0 spiro atoms. The highest BCUT2D eigenvalue weighted by Crippen LogP contribution is 2.29. The Balaban J connectivity index is 2.55. The van der Waals surface area contributed by atoms with Gasteiger partial charge >= 0.3 is 12.1 Å². The van der Waals surface area contributed by atoms with E-state index in [1.165, 1.54) is 11.0 Å². The van der Waals surface area contributed by atoms with Crippen LogP contribution in [0.1, 0.15) is 77.1 Å². The maximum Gasteiger partial charge on any atom is 0.408 e. The molecular formula is C32H45N3O7. The van der Waals surface area contributed by atoms with Gasteiger partial charge in [0, 0.05) is 19.0 Å². The number of rotatable bonds is 13. The molecule has 0 fully saturated rings. The molecule has 0 saturated carbocycles. The number of benzene rings is 2. The van der Waals surface area contributed by atoms with Crippen molar-refractivity contribution in [1.82, 2.24) is 15.5 Å². The molecule has 0 saturated heterocycles. The van der Waals surface area contributed by atoms with E-state index in [0.29, 0.717) is 17.5 Å². The summed E-state index contributed by atoms with van der Waals surface area (Å²) in [6, 6.07) is 11.4. The second-order valence-corrected chi connectivity index (χ2v) is 11.2. The number of carbonyl (C=O) groups is 4. The molecule has 0 aliphatic carbocycles. The molecule has 3 unspecified atom stereocenters. The van der Waals surface area contributed by atoms with Gasteiger partial charge in [-0.2, -0.15) is 0 Å². The first-order valence-electron chi connectivity index (χ1n) is 14.4. The van der Waals surface area contributed by atoms with Gasteiger partial charge in [-0.05, 0) is 76.8 Å². The van der Waals surface area contributed by atoms with Crippen LogP contribution in [-0.2, 0) is 30.3 Å². The van der Waals surface area contributed by atoms with Crippen LogP contribution >= 0.6 is 0 Å². The molecule has 2 aromatic rings. The topological polar surface area (TPSA) is 134 Å². The summed E-state index contributed by atoms with van der Waals surface area (Å²) in [5.41, 5.74) is 1.03. The summed E-state index contributed by atoms with van der Waals surface area (Å²) in [6.45, 7) is 12.6. The largest absolute Gasteiger partial charge is 0.508 e. The number of ether oxygens (including phenoxy) is 2. The molecule has 0 bridgehead atoms. The van der Waals surface area contributed by atoms with Crippen molar-refractivity contribution in [2.75, 3.05) is 13.2 Å². The van der Waals surface area contributed by atoms with E-state index < -0.39 is 47.6 Å². The first-order valence-corrected chi connectivity index (χ1v) is 14.4. The highest BCUT2D eigenvalue weighted by Gasteiger charge is 2.38. The number of hydrogen-bond acceptors (Lipinski definition) is 7. The Morgan fingerprint density at radius 3 is 2.26 bits per heavy atom. The van der Waals surface area contributed by atoms with Crippen LogP contribution in [0.4, 0.5) is 4.79 Å². The second kappa shape index (κ2) is 15.8. The minimum atomic E-state index is -1.12. The van der Waals surface area contributed by atoms with Gasteiger partial charge in [0.05, 0.1) is 13.0 Å². The fourth-order valence-corrected chi connectivity index (χ4v) is 4.38. The molecule has 3 N–H and O–H groups in total. The molecule has 0 radical (unpaired) electrons. The number of nitrogens with one attached hydrogen (secondary N) is 2. The summed E-state index contributed by atoms with van der Waals surface area (Å²) < 4.78 is 10.4. The first kappa shape index (κ1) is 34.1. The average molecular weight is 584 g/mol. The Kier molecular flexibility index (Phi) is 12.8. The number of phenols is 1. The van der Waals surface area contributed by atoms with Crippen LogP contribution in [0.5, 0.6) is 5.75 Å². The lowest BCUT2D eigenvalue weighted by molar-refractivity contribution is -0.146. The second-order valence-electron chi connectivity index (χ2n) is 11.2. The van der Waals surface area contributed by atoms with Crippen molar-refractivity contribution < 1.29 is 33.8 Å². The summed E-state index contributed by atoms with van der Waals surface area (Å²) in [5, 5.41) is 15.7. The van der Waals surface area contributed by atoms with Gasteiger partial charge in [-0.25, -0.2) is 4.79 Å². The zero-order valence-corrected chi connectivity index (χ0v) is 25.7. The summed E-state index contributed by atoms with van der Waals surface area (Å²) in [6.07, 6.45) is -0.108. The number of esters is 1. The molecule has 2 aromatic carbocycles. The smallest absolute Gasteiger partial charge is 0.408 e. The molecule has 10 nitrogen and oxygen atoms in total. The molecule has 2 rings (SSSR count). The van der Waals surface area contributed by atoms with Crippen molar-refractivity contribution in [3.05, 3.63) is 65.2 Å². The van der Waals surface area contributed by atoms with Crippen molar-refractivity contribution in [3.8, 4) is 5.75 Å². The van der Waals surface area contributed by atoms with Gasteiger partial charge in [-0.15, -0.1) is 0 Å². The van der Waals surface area contributed by atoms with Gasteiger partial charge in [-0.3, -0.25) is 14.4 Å². The van der Waals surface area contributed by atoms with Crippen molar-refractivity contribution in [3.63, 3.8) is 0 Å². The summed E-state index contributed by atoms with van der Waals surface area (Å²) in [5.74, 6) is -1.38. The number of aryl methyl sites for hydroxylation is 1. The van der Waals surface area contributed by atoms with Gasteiger partial charge in [0.1, 0.15) is 23.4 Å². The molecule has 0 aliphatic heterocycles. The Morgan fingerprint density at radius 2 is 1.69 bits per heavy atom.